The molecule has 0 radical (unpaired) electrons. The molecule has 0 aliphatic heterocycles. The van der Waals surface area contributed by atoms with Crippen molar-refractivity contribution >= 4 is 20.8 Å². The quantitative estimate of drug-likeness (QED) is 0.549. The zero-order valence-electron chi connectivity index (χ0n) is 15.1. The molecule has 4 aromatic rings. The normalized spacial score (nSPS) is 11.6. The highest BCUT2D eigenvalue weighted by atomic mass is 32.2. The smallest absolute Gasteiger partial charge is 0.267 e. The molecule has 3 aromatic carbocycles. The maximum atomic E-state index is 14.3. The molecule has 1 aromatic heterocycles. The van der Waals surface area contributed by atoms with Crippen molar-refractivity contribution in [3.8, 4) is 5.69 Å². The fourth-order valence-corrected chi connectivity index (χ4v) is 4.03. The Kier molecular flexibility index (Phi) is 4.96. The van der Waals surface area contributed by atoms with Gasteiger partial charge in [-0.05, 0) is 30.3 Å². The molecule has 0 unspecified atom stereocenters. The maximum Gasteiger partial charge on any atom is 0.279 e. The summed E-state index contributed by atoms with van der Waals surface area (Å²) in [6.07, 6.45) is 0. The number of nitrogens with zero attached hydrogens (tertiary/aromatic N) is 2. The summed E-state index contributed by atoms with van der Waals surface area (Å²) in [5.41, 5.74) is -0.182. The highest BCUT2D eigenvalue weighted by molar-refractivity contribution is 7.89. The molecule has 0 saturated carbocycles. The highest BCUT2D eigenvalue weighted by Gasteiger charge is 2.17. The van der Waals surface area contributed by atoms with E-state index in [0.717, 1.165) is 4.68 Å². The third-order valence-electron chi connectivity index (χ3n) is 4.45. The van der Waals surface area contributed by atoms with E-state index in [1.165, 1.54) is 30.3 Å². The molecule has 4 rings (SSSR count). The molecule has 0 bridgehead atoms. The number of aromatic nitrogens is 2. The van der Waals surface area contributed by atoms with E-state index in [9.17, 15) is 17.6 Å². The summed E-state index contributed by atoms with van der Waals surface area (Å²) in [7, 11) is -3.77. The average Bonchev–Trinajstić information content (AvgIpc) is 2.75. The molecule has 0 saturated heterocycles. The summed E-state index contributed by atoms with van der Waals surface area (Å²) >= 11 is 0. The van der Waals surface area contributed by atoms with Gasteiger partial charge >= 0.3 is 0 Å². The number of halogens is 1. The van der Waals surface area contributed by atoms with Gasteiger partial charge in [0.2, 0.25) is 10.0 Å². The van der Waals surface area contributed by atoms with Crippen molar-refractivity contribution in [2.45, 2.75) is 11.4 Å². The van der Waals surface area contributed by atoms with Crippen LogP contribution in [-0.4, -0.2) is 18.2 Å². The zero-order chi connectivity index (χ0) is 20.4. The van der Waals surface area contributed by atoms with Gasteiger partial charge in [0, 0.05) is 5.39 Å². The van der Waals surface area contributed by atoms with Crippen LogP contribution >= 0.6 is 0 Å². The second kappa shape index (κ2) is 7.57. The van der Waals surface area contributed by atoms with Crippen molar-refractivity contribution in [1.82, 2.24) is 14.5 Å². The number of para-hydroxylation sites is 1. The van der Waals surface area contributed by atoms with Gasteiger partial charge in [0.05, 0.1) is 22.5 Å². The molecule has 6 nitrogen and oxygen atoms in total. The lowest BCUT2D eigenvalue weighted by Crippen LogP contribution is -2.28. The van der Waals surface area contributed by atoms with Gasteiger partial charge in [-0.2, -0.15) is 9.78 Å². The van der Waals surface area contributed by atoms with Gasteiger partial charge in [0.25, 0.3) is 5.56 Å². The summed E-state index contributed by atoms with van der Waals surface area (Å²) in [5.74, 6) is -0.604. The van der Waals surface area contributed by atoms with Crippen LogP contribution in [0.25, 0.3) is 16.5 Å². The minimum atomic E-state index is -3.77. The molecule has 1 heterocycles. The van der Waals surface area contributed by atoms with Crippen LogP contribution in [0.5, 0.6) is 0 Å². The van der Waals surface area contributed by atoms with Gasteiger partial charge in [0.1, 0.15) is 11.5 Å². The molecule has 0 aliphatic rings. The Morgan fingerprint density at radius 2 is 1.48 bits per heavy atom. The lowest BCUT2D eigenvalue weighted by molar-refractivity contribution is 0.578. The Morgan fingerprint density at radius 3 is 2.21 bits per heavy atom. The third kappa shape index (κ3) is 3.67. The van der Waals surface area contributed by atoms with Gasteiger partial charge in [0.15, 0.2) is 0 Å². The number of fused-ring (bicyclic) bond motifs is 1. The van der Waals surface area contributed by atoms with E-state index >= 15 is 0 Å². The number of sulfonamides is 1. The summed E-state index contributed by atoms with van der Waals surface area (Å²) in [5, 5.41) is 5.09. The van der Waals surface area contributed by atoms with Crippen molar-refractivity contribution in [2.75, 3.05) is 0 Å². The van der Waals surface area contributed by atoms with Crippen molar-refractivity contribution in [2.24, 2.45) is 0 Å². The van der Waals surface area contributed by atoms with E-state index in [2.05, 4.69) is 9.82 Å². The van der Waals surface area contributed by atoms with Crippen LogP contribution in [0.4, 0.5) is 4.39 Å². The SMILES string of the molecule is O=c1c2ccccc2c(CNS(=O)(=O)c2ccccc2)nn1-c1ccccc1F. The fraction of sp³-hybridized carbons (Fsp3) is 0.0476. The van der Waals surface area contributed by atoms with Crippen LogP contribution in [-0.2, 0) is 16.6 Å². The summed E-state index contributed by atoms with van der Waals surface area (Å²) in [6.45, 7) is -0.160. The average molecular weight is 409 g/mol. The minimum Gasteiger partial charge on any atom is -0.267 e. The Morgan fingerprint density at radius 1 is 0.862 bits per heavy atom. The van der Waals surface area contributed by atoms with Crippen LogP contribution < -0.4 is 10.3 Å². The van der Waals surface area contributed by atoms with E-state index < -0.39 is 21.4 Å². The molecule has 0 spiro atoms. The Labute approximate surface area is 166 Å². The largest absolute Gasteiger partial charge is 0.279 e. The summed E-state index contributed by atoms with van der Waals surface area (Å²) in [6, 6.07) is 20.4. The fourth-order valence-electron chi connectivity index (χ4n) is 3.02. The van der Waals surface area contributed by atoms with E-state index in [-0.39, 0.29) is 17.1 Å². The molecule has 0 atom stereocenters. The van der Waals surface area contributed by atoms with Crippen molar-refractivity contribution in [1.29, 1.82) is 0 Å². The van der Waals surface area contributed by atoms with Gasteiger partial charge in [-0.3, -0.25) is 4.79 Å². The van der Waals surface area contributed by atoms with Gasteiger partial charge in [-0.15, -0.1) is 0 Å². The highest BCUT2D eigenvalue weighted by Crippen LogP contribution is 2.17. The van der Waals surface area contributed by atoms with E-state index in [4.69, 9.17) is 0 Å². The predicted octanol–water partition coefficient (Wildman–Crippen LogP) is 3.00. The first-order valence-corrected chi connectivity index (χ1v) is 10.3. The number of rotatable bonds is 5. The van der Waals surface area contributed by atoms with Gasteiger partial charge < -0.3 is 0 Å². The van der Waals surface area contributed by atoms with E-state index in [1.54, 1.807) is 48.5 Å². The van der Waals surface area contributed by atoms with Crippen LogP contribution in [0.2, 0.25) is 0 Å². The van der Waals surface area contributed by atoms with Crippen molar-refractivity contribution in [3.05, 3.63) is 101 Å². The number of hydrogen-bond acceptors (Lipinski definition) is 4. The van der Waals surface area contributed by atoms with Gasteiger partial charge in [-0.1, -0.05) is 48.5 Å². The third-order valence-corrected chi connectivity index (χ3v) is 5.86. The Bertz CT molecular complexity index is 1350. The first-order valence-electron chi connectivity index (χ1n) is 8.78. The summed E-state index contributed by atoms with van der Waals surface area (Å²) < 4.78 is 42.8. The lowest BCUT2D eigenvalue weighted by atomic mass is 10.1. The number of benzene rings is 3. The topological polar surface area (TPSA) is 81.1 Å². The molecule has 1 N–H and O–H groups in total. The number of hydrogen-bond donors (Lipinski definition) is 1. The molecule has 0 fully saturated rings. The van der Waals surface area contributed by atoms with Crippen molar-refractivity contribution < 1.29 is 12.8 Å². The van der Waals surface area contributed by atoms with Crippen molar-refractivity contribution in [3.63, 3.8) is 0 Å². The minimum absolute atomic E-state index is 0.00424. The first kappa shape index (κ1) is 19.0. The molecular weight excluding hydrogens is 393 g/mol. The molecule has 0 amide bonds. The predicted molar refractivity (Wildman–Crippen MR) is 108 cm³/mol. The Balaban J connectivity index is 1.81. The monoisotopic (exact) mass is 409 g/mol. The second-order valence-electron chi connectivity index (χ2n) is 6.30. The van der Waals surface area contributed by atoms with Crippen LogP contribution in [0.3, 0.4) is 0 Å². The van der Waals surface area contributed by atoms with Crippen LogP contribution in [0, 0.1) is 5.82 Å². The molecule has 8 heteroatoms. The molecule has 0 aliphatic carbocycles. The second-order valence-corrected chi connectivity index (χ2v) is 8.07. The Hall–Kier alpha value is -3.36. The first-order chi connectivity index (χ1) is 14.0. The van der Waals surface area contributed by atoms with Crippen LogP contribution in [0.15, 0.2) is 88.6 Å². The maximum absolute atomic E-state index is 14.3. The molecular formula is C21H16FN3O3S. The number of nitrogens with one attached hydrogen (secondary N) is 1. The van der Waals surface area contributed by atoms with E-state index in [1.807, 2.05) is 0 Å². The van der Waals surface area contributed by atoms with E-state index in [0.29, 0.717) is 16.5 Å². The molecule has 146 valence electrons. The standard InChI is InChI=1S/C21H16FN3O3S/c22-18-12-6-7-13-20(18)25-21(26)17-11-5-4-10-16(17)19(24-25)14-23-29(27,28)15-8-2-1-3-9-15/h1-13,23H,14H2. The zero-order valence-corrected chi connectivity index (χ0v) is 15.9. The van der Waals surface area contributed by atoms with Crippen LogP contribution in [0.1, 0.15) is 5.69 Å². The lowest BCUT2D eigenvalue weighted by Gasteiger charge is -2.12. The molecule has 29 heavy (non-hydrogen) atoms. The summed E-state index contributed by atoms with van der Waals surface area (Å²) in [4.78, 5) is 13.0. The van der Waals surface area contributed by atoms with Gasteiger partial charge in [-0.25, -0.2) is 17.5 Å².